The van der Waals surface area contributed by atoms with E-state index in [9.17, 15) is 9.59 Å². The Labute approximate surface area is 167 Å². The Hall–Kier alpha value is -1.24. The molecule has 0 aliphatic carbocycles. The Morgan fingerprint density at radius 1 is 1.07 bits per heavy atom. The summed E-state index contributed by atoms with van der Waals surface area (Å²) in [4.78, 5) is 32.8. The summed E-state index contributed by atoms with van der Waals surface area (Å²) >= 11 is 1.32. The highest BCUT2D eigenvalue weighted by Gasteiger charge is 2.29. The van der Waals surface area contributed by atoms with Crippen molar-refractivity contribution >= 4 is 23.0 Å². The molecule has 1 aromatic heterocycles. The fourth-order valence-electron chi connectivity index (χ4n) is 4.33. The number of amides is 1. The summed E-state index contributed by atoms with van der Waals surface area (Å²) < 4.78 is 0. The standard InChI is InChI=1S/C21H33N3O2S/c1-4-23(21(26)20-6-5-19(27-20)16(2)25)15-17-7-13-24(14-8-17)18-9-11-22(3)12-10-18/h5-6,17-18H,4,7-15H2,1-3H3. The SMILES string of the molecule is CCN(CC1CCN(C2CCN(C)CC2)CC1)C(=O)c1ccc(C(C)=O)s1. The van der Waals surface area contributed by atoms with Gasteiger partial charge in [-0.3, -0.25) is 9.59 Å². The van der Waals surface area contributed by atoms with E-state index < -0.39 is 0 Å². The number of piperidine rings is 2. The molecule has 0 aromatic carbocycles. The fourth-order valence-corrected chi connectivity index (χ4v) is 5.20. The minimum absolute atomic E-state index is 0.0309. The second-order valence-corrected chi connectivity index (χ2v) is 9.16. The highest BCUT2D eigenvalue weighted by atomic mass is 32.1. The molecular weight excluding hydrogens is 358 g/mol. The van der Waals surface area contributed by atoms with E-state index >= 15 is 0 Å². The second kappa shape index (κ2) is 9.30. The van der Waals surface area contributed by atoms with Crippen molar-refractivity contribution < 1.29 is 9.59 Å². The van der Waals surface area contributed by atoms with Gasteiger partial charge in [0.2, 0.25) is 0 Å². The molecule has 0 unspecified atom stereocenters. The molecule has 0 N–H and O–H groups in total. The van der Waals surface area contributed by atoms with E-state index in [1.54, 1.807) is 19.1 Å². The molecule has 3 rings (SSSR count). The van der Waals surface area contributed by atoms with Gasteiger partial charge in [0.15, 0.2) is 5.78 Å². The van der Waals surface area contributed by atoms with Gasteiger partial charge in [-0.1, -0.05) is 0 Å². The van der Waals surface area contributed by atoms with Gasteiger partial charge in [0.05, 0.1) is 9.75 Å². The summed E-state index contributed by atoms with van der Waals surface area (Å²) in [5, 5.41) is 0. The molecule has 3 heterocycles. The lowest BCUT2D eigenvalue weighted by atomic mass is 9.93. The van der Waals surface area contributed by atoms with Crippen molar-refractivity contribution in [1.82, 2.24) is 14.7 Å². The quantitative estimate of drug-likeness (QED) is 0.699. The summed E-state index contributed by atoms with van der Waals surface area (Å²) in [6.07, 6.45) is 4.94. The van der Waals surface area contributed by atoms with E-state index in [-0.39, 0.29) is 11.7 Å². The van der Waals surface area contributed by atoms with Crippen LogP contribution in [0.4, 0.5) is 0 Å². The molecule has 6 heteroatoms. The number of rotatable bonds is 6. The lowest BCUT2D eigenvalue weighted by Crippen LogP contribution is -2.48. The Bertz CT molecular complexity index is 644. The van der Waals surface area contributed by atoms with Gasteiger partial charge >= 0.3 is 0 Å². The number of carbonyl (C=O) groups excluding carboxylic acids is 2. The second-order valence-electron chi connectivity index (χ2n) is 8.08. The van der Waals surface area contributed by atoms with Gasteiger partial charge in [-0.2, -0.15) is 0 Å². The molecule has 2 aliphatic rings. The van der Waals surface area contributed by atoms with Crippen LogP contribution in [0.2, 0.25) is 0 Å². The van der Waals surface area contributed by atoms with Crippen LogP contribution < -0.4 is 0 Å². The molecular formula is C21H33N3O2S. The molecule has 0 spiro atoms. The normalized spacial score (nSPS) is 20.7. The molecule has 5 nitrogen and oxygen atoms in total. The molecule has 2 saturated heterocycles. The van der Waals surface area contributed by atoms with Crippen LogP contribution in [0.15, 0.2) is 12.1 Å². The molecule has 1 aromatic rings. The highest BCUT2D eigenvalue weighted by Crippen LogP contribution is 2.25. The van der Waals surface area contributed by atoms with Crippen molar-refractivity contribution in [2.45, 2.75) is 45.6 Å². The number of nitrogens with zero attached hydrogens (tertiary/aromatic N) is 3. The third kappa shape index (κ3) is 5.18. The zero-order valence-corrected chi connectivity index (χ0v) is 17.8. The Morgan fingerprint density at radius 2 is 1.70 bits per heavy atom. The van der Waals surface area contributed by atoms with Crippen molar-refractivity contribution in [1.29, 1.82) is 0 Å². The maximum absolute atomic E-state index is 12.8. The molecule has 150 valence electrons. The monoisotopic (exact) mass is 391 g/mol. The minimum atomic E-state index is 0.0309. The predicted octanol–water partition coefficient (Wildman–Crippen LogP) is 3.22. The van der Waals surface area contributed by atoms with Gasteiger partial charge in [0.1, 0.15) is 0 Å². The summed E-state index contributed by atoms with van der Waals surface area (Å²) in [5.41, 5.74) is 0. The van der Waals surface area contributed by atoms with E-state index in [1.165, 1.54) is 50.1 Å². The third-order valence-electron chi connectivity index (χ3n) is 6.16. The number of ketones is 1. The number of hydrogen-bond donors (Lipinski definition) is 0. The smallest absolute Gasteiger partial charge is 0.263 e. The first kappa shape index (κ1) is 20.5. The van der Waals surface area contributed by atoms with Crippen molar-refractivity contribution in [2.24, 2.45) is 5.92 Å². The Morgan fingerprint density at radius 3 is 2.26 bits per heavy atom. The van der Waals surface area contributed by atoms with Gasteiger partial charge < -0.3 is 14.7 Å². The Kier molecular flexibility index (Phi) is 7.06. The summed E-state index contributed by atoms with van der Waals surface area (Å²) in [6, 6.07) is 4.32. The molecule has 0 bridgehead atoms. The van der Waals surface area contributed by atoms with Crippen molar-refractivity contribution in [2.75, 3.05) is 46.3 Å². The van der Waals surface area contributed by atoms with Crippen molar-refractivity contribution in [3.05, 3.63) is 21.9 Å². The van der Waals surface area contributed by atoms with Gasteiger partial charge in [-0.25, -0.2) is 0 Å². The van der Waals surface area contributed by atoms with Crippen LogP contribution in [-0.2, 0) is 0 Å². The fraction of sp³-hybridized carbons (Fsp3) is 0.714. The van der Waals surface area contributed by atoms with E-state index in [0.717, 1.165) is 32.2 Å². The lowest BCUT2D eigenvalue weighted by molar-refractivity contribution is 0.0614. The lowest BCUT2D eigenvalue weighted by Gasteiger charge is -2.41. The summed E-state index contributed by atoms with van der Waals surface area (Å²) in [5.74, 6) is 0.694. The first-order valence-corrected chi connectivity index (χ1v) is 11.1. The number of hydrogen-bond acceptors (Lipinski definition) is 5. The maximum Gasteiger partial charge on any atom is 0.263 e. The van der Waals surface area contributed by atoms with E-state index in [4.69, 9.17) is 0 Å². The number of carbonyl (C=O) groups is 2. The first-order chi connectivity index (χ1) is 13.0. The van der Waals surface area contributed by atoms with Crippen molar-refractivity contribution in [3.8, 4) is 0 Å². The Balaban J connectivity index is 1.50. The zero-order valence-electron chi connectivity index (χ0n) is 16.9. The van der Waals surface area contributed by atoms with Crippen LogP contribution in [-0.4, -0.2) is 78.7 Å². The predicted molar refractivity (Wildman–Crippen MR) is 111 cm³/mol. The largest absolute Gasteiger partial charge is 0.338 e. The van der Waals surface area contributed by atoms with Gasteiger partial charge in [-0.15, -0.1) is 11.3 Å². The van der Waals surface area contributed by atoms with Gasteiger partial charge in [0.25, 0.3) is 5.91 Å². The van der Waals surface area contributed by atoms with E-state index in [2.05, 4.69) is 16.8 Å². The van der Waals surface area contributed by atoms with E-state index in [1.807, 2.05) is 11.8 Å². The van der Waals surface area contributed by atoms with E-state index in [0.29, 0.717) is 15.7 Å². The average molecular weight is 392 g/mol. The van der Waals surface area contributed by atoms with Gasteiger partial charge in [-0.05, 0) is 90.8 Å². The van der Waals surface area contributed by atoms with Crippen LogP contribution in [0.5, 0.6) is 0 Å². The van der Waals surface area contributed by atoms with Crippen LogP contribution in [0.3, 0.4) is 0 Å². The number of likely N-dealkylation sites (tertiary alicyclic amines) is 2. The average Bonchev–Trinajstić information content (AvgIpc) is 3.17. The highest BCUT2D eigenvalue weighted by molar-refractivity contribution is 7.15. The third-order valence-corrected chi connectivity index (χ3v) is 7.34. The van der Waals surface area contributed by atoms with Crippen LogP contribution >= 0.6 is 11.3 Å². The summed E-state index contributed by atoms with van der Waals surface area (Å²) in [7, 11) is 2.21. The zero-order chi connectivity index (χ0) is 19.4. The minimum Gasteiger partial charge on any atom is -0.338 e. The molecule has 0 radical (unpaired) electrons. The van der Waals surface area contributed by atoms with Gasteiger partial charge in [0, 0.05) is 19.1 Å². The molecule has 1 amide bonds. The topological polar surface area (TPSA) is 43.9 Å². The molecule has 0 atom stereocenters. The molecule has 27 heavy (non-hydrogen) atoms. The number of Topliss-reactive ketones (excluding diaryl/α,β-unsaturated/α-hetero) is 1. The first-order valence-electron chi connectivity index (χ1n) is 10.3. The van der Waals surface area contributed by atoms with Crippen LogP contribution in [0, 0.1) is 5.92 Å². The maximum atomic E-state index is 12.8. The van der Waals surface area contributed by atoms with Crippen LogP contribution in [0.25, 0.3) is 0 Å². The molecule has 2 fully saturated rings. The molecule has 0 saturated carbocycles. The molecule has 2 aliphatic heterocycles. The van der Waals surface area contributed by atoms with Crippen LogP contribution in [0.1, 0.15) is 58.9 Å². The van der Waals surface area contributed by atoms with Crippen molar-refractivity contribution in [3.63, 3.8) is 0 Å². The summed E-state index contributed by atoms with van der Waals surface area (Å²) in [6.45, 7) is 9.92. The number of thiophene rings is 1.